The number of nitrogens with two attached hydrogens (primary N) is 1. The van der Waals surface area contributed by atoms with Crippen LogP contribution >= 0.6 is 0 Å². The van der Waals surface area contributed by atoms with Gasteiger partial charge in [-0.2, -0.15) is 0 Å². The van der Waals surface area contributed by atoms with Crippen molar-refractivity contribution in [3.63, 3.8) is 0 Å². The Bertz CT molecular complexity index is 179. The van der Waals surface area contributed by atoms with Gasteiger partial charge < -0.3 is 15.8 Å². The Labute approximate surface area is 85.2 Å². The van der Waals surface area contributed by atoms with E-state index in [4.69, 9.17) is 10.5 Å². The lowest BCUT2D eigenvalue weighted by atomic mass is 10.0. The number of amides is 1. The summed E-state index contributed by atoms with van der Waals surface area (Å²) in [5.41, 5.74) is 5.22. The molecule has 0 saturated carbocycles. The number of nitrogens with one attached hydrogen (secondary N) is 1. The van der Waals surface area contributed by atoms with Gasteiger partial charge in [-0.05, 0) is 31.7 Å². The van der Waals surface area contributed by atoms with E-state index in [-0.39, 0.29) is 11.9 Å². The van der Waals surface area contributed by atoms with Crippen molar-refractivity contribution in [1.82, 2.24) is 5.32 Å². The van der Waals surface area contributed by atoms with Crippen molar-refractivity contribution in [3.05, 3.63) is 0 Å². The molecule has 1 rings (SSSR count). The zero-order valence-electron chi connectivity index (χ0n) is 8.79. The van der Waals surface area contributed by atoms with Crippen LogP contribution in [0.5, 0.6) is 0 Å². The molecule has 4 nitrogen and oxygen atoms in total. The van der Waals surface area contributed by atoms with E-state index in [1.807, 2.05) is 6.92 Å². The Morgan fingerprint density at radius 1 is 1.71 bits per heavy atom. The first-order valence-corrected chi connectivity index (χ1v) is 5.34. The highest BCUT2D eigenvalue weighted by Crippen LogP contribution is 2.15. The van der Waals surface area contributed by atoms with Crippen molar-refractivity contribution in [2.75, 3.05) is 19.8 Å². The second-order valence-electron chi connectivity index (χ2n) is 3.84. The van der Waals surface area contributed by atoms with E-state index in [1.54, 1.807) is 0 Å². The molecular weight excluding hydrogens is 180 g/mol. The summed E-state index contributed by atoms with van der Waals surface area (Å²) in [7, 11) is 0. The topological polar surface area (TPSA) is 64.3 Å². The number of hydrogen-bond acceptors (Lipinski definition) is 3. The number of ether oxygens (including phenoxy) is 1. The molecule has 1 fully saturated rings. The molecule has 0 bridgehead atoms. The third kappa shape index (κ3) is 3.64. The maximum Gasteiger partial charge on any atom is 0.234 e. The summed E-state index contributed by atoms with van der Waals surface area (Å²) in [4.78, 5) is 10.9. The molecule has 0 aliphatic carbocycles. The van der Waals surface area contributed by atoms with Gasteiger partial charge in [-0.1, -0.05) is 6.92 Å². The maximum atomic E-state index is 10.9. The van der Waals surface area contributed by atoms with Crippen LogP contribution in [0.15, 0.2) is 0 Å². The molecule has 82 valence electrons. The van der Waals surface area contributed by atoms with Gasteiger partial charge in [0, 0.05) is 13.2 Å². The fraction of sp³-hybridized carbons (Fsp3) is 0.900. The summed E-state index contributed by atoms with van der Waals surface area (Å²) in [6.45, 7) is 4.57. The third-order valence-electron chi connectivity index (χ3n) is 2.72. The standard InChI is InChI=1S/C10H20N2O2/c1-2-9(10(11)13)12-5-3-8-4-6-14-7-8/h8-9,12H,2-7H2,1H3,(H2,11,13). The van der Waals surface area contributed by atoms with Crippen LogP contribution in [0.2, 0.25) is 0 Å². The Hall–Kier alpha value is -0.610. The van der Waals surface area contributed by atoms with Gasteiger partial charge in [-0.15, -0.1) is 0 Å². The van der Waals surface area contributed by atoms with Gasteiger partial charge in [0.05, 0.1) is 6.04 Å². The first-order valence-electron chi connectivity index (χ1n) is 5.34. The largest absolute Gasteiger partial charge is 0.381 e. The van der Waals surface area contributed by atoms with Crippen LogP contribution in [0.4, 0.5) is 0 Å². The van der Waals surface area contributed by atoms with Gasteiger partial charge in [0.2, 0.25) is 5.91 Å². The highest BCUT2D eigenvalue weighted by molar-refractivity contribution is 5.79. The molecule has 1 heterocycles. The molecule has 1 saturated heterocycles. The lowest BCUT2D eigenvalue weighted by Gasteiger charge is -2.14. The maximum absolute atomic E-state index is 10.9. The lowest BCUT2D eigenvalue weighted by molar-refractivity contribution is -0.120. The summed E-state index contributed by atoms with van der Waals surface area (Å²) in [5, 5.41) is 3.17. The molecule has 1 amide bonds. The molecule has 1 aliphatic heterocycles. The fourth-order valence-electron chi connectivity index (χ4n) is 1.72. The molecule has 2 unspecified atom stereocenters. The van der Waals surface area contributed by atoms with Crippen LogP contribution in [-0.4, -0.2) is 31.7 Å². The van der Waals surface area contributed by atoms with Crippen molar-refractivity contribution in [2.24, 2.45) is 11.7 Å². The van der Waals surface area contributed by atoms with Crippen molar-refractivity contribution < 1.29 is 9.53 Å². The molecule has 1 aliphatic rings. The van der Waals surface area contributed by atoms with Crippen LogP contribution in [-0.2, 0) is 9.53 Å². The van der Waals surface area contributed by atoms with Crippen molar-refractivity contribution in [2.45, 2.75) is 32.2 Å². The minimum absolute atomic E-state index is 0.169. The molecule has 0 aromatic carbocycles. The summed E-state index contributed by atoms with van der Waals surface area (Å²) in [5.74, 6) is 0.406. The smallest absolute Gasteiger partial charge is 0.234 e. The number of primary amides is 1. The van der Waals surface area contributed by atoms with Crippen LogP contribution in [0.25, 0.3) is 0 Å². The van der Waals surface area contributed by atoms with E-state index in [1.165, 1.54) is 0 Å². The zero-order chi connectivity index (χ0) is 10.4. The summed E-state index contributed by atoms with van der Waals surface area (Å²) in [6, 6.07) is -0.169. The van der Waals surface area contributed by atoms with Crippen molar-refractivity contribution in [3.8, 4) is 0 Å². The van der Waals surface area contributed by atoms with Crippen LogP contribution in [0.3, 0.4) is 0 Å². The van der Waals surface area contributed by atoms with Crippen molar-refractivity contribution >= 4 is 5.91 Å². The zero-order valence-corrected chi connectivity index (χ0v) is 8.79. The van der Waals surface area contributed by atoms with Crippen molar-refractivity contribution in [1.29, 1.82) is 0 Å². The van der Waals surface area contributed by atoms with Gasteiger partial charge >= 0.3 is 0 Å². The Morgan fingerprint density at radius 2 is 2.50 bits per heavy atom. The van der Waals surface area contributed by atoms with E-state index in [0.29, 0.717) is 5.92 Å². The number of hydrogen-bond donors (Lipinski definition) is 2. The van der Waals surface area contributed by atoms with Gasteiger partial charge in [0.15, 0.2) is 0 Å². The Kier molecular flexibility index (Phi) is 4.90. The molecule has 0 aromatic rings. The summed E-state index contributed by atoms with van der Waals surface area (Å²) in [6.07, 6.45) is 2.98. The first-order chi connectivity index (χ1) is 6.74. The number of carbonyl (C=O) groups is 1. The monoisotopic (exact) mass is 200 g/mol. The lowest BCUT2D eigenvalue weighted by Crippen LogP contribution is -2.41. The van der Waals surface area contributed by atoms with E-state index >= 15 is 0 Å². The number of carbonyl (C=O) groups excluding carboxylic acids is 1. The number of rotatable bonds is 6. The Morgan fingerprint density at radius 3 is 3.00 bits per heavy atom. The molecule has 0 spiro atoms. The van der Waals surface area contributed by atoms with E-state index < -0.39 is 0 Å². The third-order valence-corrected chi connectivity index (χ3v) is 2.72. The summed E-state index contributed by atoms with van der Waals surface area (Å²) >= 11 is 0. The molecule has 4 heteroatoms. The predicted octanol–water partition coefficient (Wildman–Crippen LogP) is 0.267. The SMILES string of the molecule is CCC(NCCC1CCOC1)C(N)=O. The minimum Gasteiger partial charge on any atom is -0.381 e. The van der Waals surface area contributed by atoms with E-state index in [2.05, 4.69) is 5.32 Å². The second kappa shape index (κ2) is 5.98. The summed E-state index contributed by atoms with van der Waals surface area (Å²) < 4.78 is 5.27. The van der Waals surface area contributed by atoms with Crippen LogP contribution < -0.4 is 11.1 Å². The van der Waals surface area contributed by atoms with Gasteiger partial charge in [-0.3, -0.25) is 4.79 Å². The van der Waals surface area contributed by atoms with Gasteiger partial charge in [0.1, 0.15) is 0 Å². The highest BCUT2D eigenvalue weighted by atomic mass is 16.5. The average molecular weight is 200 g/mol. The fourth-order valence-corrected chi connectivity index (χ4v) is 1.72. The van der Waals surface area contributed by atoms with E-state index in [9.17, 15) is 4.79 Å². The first kappa shape index (κ1) is 11.5. The molecule has 14 heavy (non-hydrogen) atoms. The quantitative estimate of drug-likeness (QED) is 0.646. The van der Waals surface area contributed by atoms with Crippen LogP contribution in [0.1, 0.15) is 26.2 Å². The molecule has 0 aromatic heterocycles. The molecule has 2 atom stereocenters. The van der Waals surface area contributed by atoms with E-state index in [0.717, 1.165) is 39.0 Å². The average Bonchev–Trinajstić information content (AvgIpc) is 2.64. The normalized spacial score (nSPS) is 23.6. The molecular formula is C10H20N2O2. The molecule has 3 N–H and O–H groups in total. The highest BCUT2D eigenvalue weighted by Gasteiger charge is 2.16. The second-order valence-corrected chi connectivity index (χ2v) is 3.84. The minimum atomic E-state index is -0.254. The molecule has 0 radical (unpaired) electrons. The predicted molar refractivity (Wildman–Crippen MR) is 54.8 cm³/mol. The Balaban J connectivity index is 2.09. The van der Waals surface area contributed by atoms with Gasteiger partial charge in [-0.25, -0.2) is 0 Å². The van der Waals surface area contributed by atoms with Crippen LogP contribution in [0, 0.1) is 5.92 Å². The van der Waals surface area contributed by atoms with Gasteiger partial charge in [0.25, 0.3) is 0 Å².